The summed E-state index contributed by atoms with van der Waals surface area (Å²) in [6.07, 6.45) is 10.9. The summed E-state index contributed by atoms with van der Waals surface area (Å²) in [7, 11) is 0. The maximum atomic E-state index is 9.80. The zero-order valence-corrected chi connectivity index (χ0v) is 8.76. The van der Waals surface area contributed by atoms with Gasteiger partial charge in [0, 0.05) is 0 Å². The van der Waals surface area contributed by atoms with Gasteiger partial charge in [0.2, 0.25) is 0 Å². The first-order valence-electron chi connectivity index (χ1n) is 5.93. The van der Waals surface area contributed by atoms with Gasteiger partial charge in [-0.25, -0.2) is 0 Å². The Labute approximate surface area is 81.5 Å². The second-order valence-corrected chi connectivity index (χ2v) is 5.16. The van der Waals surface area contributed by atoms with Crippen LogP contribution < -0.4 is 0 Å². The monoisotopic (exact) mass is 182 g/mol. The Bertz CT molecular complexity index is 168. The fourth-order valence-electron chi connectivity index (χ4n) is 3.79. The minimum absolute atomic E-state index is 0.0709. The first-order valence-corrected chi connectivity index (χ1v) is 5.93. The molecule has 2 unspecified atom stereocenters. The van der Waals surface area contributed by atoms with Crippen LogP contribution in [-0.4, -0.2) is 11.2 Å². The molecule has 0 aromatic heterocycles. The largest absolute Gasteiger partial charge is 0.393 e. The second kappa shape index (κ2) is 3.61. The van der Waals surface area contributed by atoms with Crippen LogP contribution in [-0.2, 0) is 0 Å². The van der Waals surface area contributed by atoms with Crippen LogP contribution in [0, 0.1) is 11.3 Å². The molecule has 0 amide bonds. The van der Waals surface area contributed by atoms with Gasteiger partial charge in [-0.15, -0.1) is 0 Å². The summed E-state index contributed by atoms with van der Waals surface area (Å²) >= 11 is 0. The van der Waals surface area contributed by atoms with Crippen molar-refractivity contribution in [3.05, 3.63) is 0 Å². The molecule has 1 heteroatoms. The van der Waals surface area contributed by atoms with Gasteiger partial charge < -0.3 is 5.11 Å². The lowest BCUT2D eigenvalue weighted by atomic mass is 9.63. The molecule has 1 N–H and O–H groups in total. The highest BCUT2D eigenvalue weighted by Gasteiger charge is 2.44. The summed E-state index contributed by atoms with van der Waals surface area (Å²) in [6, 6.07) is 0. The molecule has 2 aliphatic rings. The van der Waals surface area contributed by atoms with Crippen molar-refractivity contribution in [2.75, 3.05) is 0 Å². The number of aliphatic hydroxyl groups excluding tert-OH is 1. The smallest absolute Gasteiger partial charge is 0.0545 e. The molecule has 0 radical (unpaired) electrons. The van der Waals surface area contributed by atoms with Crippen LogP contribution in [0.1, 0.15) is 58.3 Å². The lowest BCUT2D eigenvalue weighted by Gasteiger charge is -2.43. The van der Waals surface area contributed by atoms with Crippen LogP contribution in [0.4, 0.5) is 0 Å². The summed E-state index contributed by atoms with van der Waals surface area (Å²) in [5, 5.41) is 9.80. The molecule has 0 heterocycles. The summed E-state index contributed by atoms with van der Waals surface area (Å²) in [4.78, 5) is 0. The van der Waals surface area contributed by atoms with Gasteiger partial charge >= 0.3 is 0 Å². The Morgan fingerprint density at radius 3 is 2.15 bits per heavy atom. The highest BCUT2D eigenvalue weighted by atomic mass is 16.3. The molecule has 76 valence electrons. The fourth-order valence-corrected chi connectivity index (χ4v) is 3.79. The van der Waals surface area contributed by atoms with E-state index in [9.17, 15) is 5.11 Å². The normalized spacial score (nSPS) is 35.1. The summed E-state index contributed by atoms with van der Waals surface area (Å²) in [6.45, 7) is 2.00. The van der Waals surface area contributed by atoms with Crippen molar-refractivity contribution in [3.63, 3.8) is 0 Å². The van der Waals surface area contributed by atoms with Gasteiger partial charge in [-0.1, -0.05) is 25.7 Å². The minimum atomic E-state index is -0.0709. The van der Waals surface area contributed by atoms with Crippen molar-refractivity contribution < 1.29 is 5.11 Å². The predicted molar refractivity (Wildman–Crippen MR) is 54.5 cm³/mol. The van der Waals surface area contributed by atoms with Crippen molar-refractivity contribution in [2.24, 2.45) is 11.3 Å². The SMILES string of the molecule is CC(O)C1CCCCC12CCCC2. The molecule has 0 aromatic rings. The Morgan fingerprint density at radius 2 is 1.62 bits per heavy atom. The van der Waals surface area contributed by atoms with Gasteiger partial charge in [-0.05, 0) is 43.9 Å². The minimum Gasteiger partial charge on any atom is -0.393 e. The Hall–Kier alpha value is -0.0400. The van der Waals surface area contributed by atoms with E-state index >= 15 is 0 Å². The van der Waals surface area contributed by atoms with Crippen LogP contribution in [0.3, 0.4) is 0 Å². The zero-order valence-electron chi connectivity index (χ0n) is 8.76. The molecule has 0 aromatic carbocycles. The highest BCUT2D eigenvalue weighted by molar-refractivity contribution is 4.94. The van der Waals surface area contributed by atoms with E-state index < -0.39 is 0 Å². The quantitative estimate of drug-likeness (QED) is 0.660. The first kappa shape index (κ1) is 9.51. The Morgan fingerprint density at radius 1 is 1.08 bits per heavy atom. The van der Waals surface area contributed by atoms with Crippen molar-refractivity contribution >= 4 is 0 Å². The number of hydrogen-bond acceptors (Lipinski definition) is 1. The molecule has 1 spiro atoms. The van der Waals surface area contributed by atoms with E-state index in [0.29, 0.717) is 11.3 Å². The molecule has 2 saturated carbocycles. The Balaban J connectivity index is 2.12. The number of aliphatic hydroxyl groups is 1. The fraction of sp³-hybridized carbons (Fsp3) is 1.00. The van der Waals surface area contributed by atoms with Gasteiger partial charge in [-0.2, -0.15) is 0 Å². The van der Waals surface area contributed by atoms with Crippen molar-refractivity contribution in [3.8, 4) is 0 Å². The topological polar surface area (TPSA) is 20.2 Å². The van der Waals surface area contributed by atoms with E-state index in [2.05, 4.69) is 0 Å². The average molecular weight is 182 g/mol. The average Bonchev–Trinajstić information content (AvgIpc) is 2.54. The van der Waals surface area contributed by atoms with E-state index in [0.717, 1.165) is 0 Å². The zero-order chi connectivity index (χ0) is 9.31. The van der Waals surface area contributed by atoms with Gasteiger partial charge in [0.1, 0.15) is 0 Å². The second-order valence-electron chi connectivity index (χ2n) is 5.16. The van der Waals surface area contributed by atoms with Crippen LogP contribution >= 0.6 is 0 Å². The molecule has 2 rings (SSSR count). The third-order valence-corrected chi connectivity index (χ3v) is 4.41. The van der Waals surface area contributed by atoms with E-state index in [4.69, 9.17) is 0 Å². The lowest BCUT2D eigenvalue weighted by molar-refractivity contribution is -0.00213. The van der Waals surface area contributed by atoms with Gasteiger partial charge in [0.05, 0.1) is 6.10 Å². The summed E-state index contributed by atoms with van der Waals surface area (Å²) in [5.74, 6) is 0.615. The maximum absolute atomic E-state index is 9.80. The van der Waals surface area contributed by atoms with Crippen LogP contribution in [0.5, 0.6) is 0 Å². The van der Waals surface area contributed by atoms with Crippen LogP contribution in [0.25, 0.3) is 0 Å². The molecule has 1 nitrogen and oxygen atoms in total. The van der Waals surface area contributed by atoms with Gasteiger partial charge in [-0.3, -0.25) is 0 Å². The lowest BCUT2D eigenvalue weighted by Crippen LogP contribution is -2.37. The third-order valence-electron chi connectivity index (χ3n) is 4.41. The van der Waals surface area contributed by atoms with Crippen molar-refractivity contribution in [1.82, 2.24) is 0 Å². The van der Waals surface area contributed by atoms with Gasteiger partial charge in [0.25, 0.3) is 0 Å². The van der Waals surface area contributed by atoms with E-state index in [1.807, 2.05) is 6.92 Å². The molecular formula is C12H22O. The molecule has 0 bridgehead atoms. The molecule has 2 aliphatic carbocycles. The molecular weight excluding hydrogens is 160 g/mol. The van der Waals surface area contributed by atoms with Gasteiger partial charge in [0.15, 0.2) is 0 Å². The van der Waals surface area contributed by atoms with Crippen LogP contribution in [0.2, 0.25) is 0 Å². The molecule has 0 saturated heterocycles. The molecule has 2 atom stereocenters. The maximum Gasteiger partial charge on any atom is 0.0545 e. The van der Waals surface area contributed by atoms with Crippen molar-refractivity contribution in [1.29, 1.82) is 0 Å². The summed E-state index contributed by atoms with van der Waals surface area (Å²) in [5.41, 5.74) is 0.562. The number of hydrogen-bond donors (Lipinski definition) is 1. The molecule has 0 aliphatic heterocycles. The van der Waals surface area contributed by atoms with E-state index in [1.165, 1.54) is 51.4 Å². The summed E-state index contributed by atoms with van der Waals surface area (Å²) < 4.78 is 0. The Kier molecular flexibility index (Phi) is 2.64. The third kappa shape index (κ3) is 1.63. The van der Waals surface area contributed by atoms with E-state index in [1.54, 1.807) is 0 Å². The highest BCUT2D eigenvalue weighted by Crippen LogP contribution is 2.53. The van der Waals surface area contributed by atoms with Crippen LogP contribution in [0.15, 0.2) is 0 Å². The number of rotatable bonds is 1. The predicted octanol–water partition coefficient (Wildman–Crippen LogP) is 3.12. The van der Waals surface area contributed by atoms with E-state index in [-0.39, 0.29) is 6.10 Å². The first-order chi connectivity index (χ1) is 6.25. The molecule has 13 heavy (non-hydrogen) atoms. The molecule has 2 fully saturated rings. The standard InChI is InChI=1S/C12H22O/c1-10(13)11-6-2-3-7-12(11)8-4-5-9-12/h10-11,13H,2-9H2,1H3. The van der Waals surface area contributed by atoms with Crippen molar-refractivity contribution in [2.45, 2.75) is 64.4 Å².